The molecule has 0 unspecified atom stereocenters. The van der Waals surface area contributed by atoms with E-state index < -0.39 is 5.97 Å². The van der Waals surface area contributed by atoms with Crippen molar-refractivity contribution in [1.29, 1.82) is 0 Å². The largest absolute Gasteiger partial charge is 0.461 e. The van der Waals surface area contributed by atoms with Gasteiger partial charge in [-0.25, -0.2) is 9.18 Å². The van der Waals surface area contributed by atoms with E-state index in [2.05, 4.69) is 10.2 Å². The van der Waals surface area contributed by atoms with Crippen LogP contribution < -0.4 is 0 Å². The first-order valence-electron chi connectivity index (χ1n) is 7.15. The lowest BCUT2D eigenvalue weighted by Crippen LogP contribution is -2.07. The van der Waals surface area contributed by atoms with Gasteiger partial charge in [-0.15, -0.1) is 22.0 Å². The van der Waals surface area contributed by atoms with Crippen molar-refractivity contribution in [3.05, 3.63) is 66.3 Å². The SMILES string of the molecule is O=C(OCCSc1ccccc1F)c1ccc(-c2nnco2)cc1. The van der Waals surface area contributed by atoms with Crippen LogP contribution in [0, 0.1) is 5.82 Å². The molecule has 1 aromatic heterocycles. The third-order valence-electron chi connectivity index (χ3n) is 3.14. The lowest BCUT2D eigenvalue weighted by molar-refractivity contribution is 0.0530. The number of aromatic nitrogens is 2. The lowest BCUT2D eigenvalue weighted by atomic mass is 10.1. The maximum Gasteiger partial charge on any atom is 0.338 e. The molecule has 0 aliphatic heterocycles. The Balaban J connectivity index is 1.49. The smallest absolute Gasteiger partial charge is 0.338 e. The number of ether oxygens (including phenoxy) is 1. The number of carbonyl (C=O) groups is 1. The van der Waals surface area contributed by atoms with Crippen LogP contribution in [0.3, 0.4) is 0 Å². The Morgan fingerprint density at radius 1 is 1.17 bits per heavy atom. The fourth-order valence-corrected chi connectivity index (χ4v) is 2.75. The molecule has 0 atom stereocenters. The second-order valence-corrected chi connectivity index (χ2v) is 5.87. The Bertz CT molecular complexity index is 807. The summed E-state index contributed by atoms with van der Waals surface area (Å²) < 4.78 is 23.7. The molecule has 3 rings (SSSR count). The molecule has 7 heteroatoms. The first-order chi connectivity index (χ1) is 11.7. The van der Waals surface area contributed by atoms with Crippen molar-refractivity contribution in [2.24, 2.45) is 0 Å². The predicted octanol–water partition coefficient (Wildman–Crippen LogP) is 3.82. The number of hydrogen-bond donors (Lipinski definition) is 0. The molecule has 0 N–H and O–H groups in total. The molecule has 1 heterocycles. The molecule has 0 fully saturated rings. The van der Waals surface area contributed by atoms with Crippen LogP contribution in [0.25, 0.3) is 11.5 Å². The van der Waals surface area contributed by atoms with Gasteiger partial charge in [0.2, 0.25) is 12.3 Å². The van der Waals surface area contributed by atoms with E-state index in [4.69, 9.17) is 9.15 Å². The standard InChI is InChI=1S/C17H13FN2O3S/c18-14-3-1-2-4-15(14)24-10-9-22-17(21)13-7-5-12(6-8-13)16-20-19-11-23-16/h1-8,11H,9-10H2. The van der Waals surface area contributed by atoms with Crippen molar-refractivity contribution >= 4 is 17.7 Å². The number of thioether (sulfide) groups is 1. The highest BCUT2D eigenvalue weighted by atomic mass is 32.2. The fourth-order valence-electron chi connectivity index (χ4n) is 1.98. The van der Waals surface area contributed by atoms with Gasteiger partial charge >= 0.3 is 5.97 Å². The summed E-state index contributed by atoms with van der Waals surface area (Å²) >= 11 is 1.31. The van der Waals surface area contributed by atoms with Gasteiger partial charge in [-0.2, -0.15) is 0 Å². The zero-order valence-electron chi connectivity index (χ0n) is 12.5. The average molecular weight is 344 g/mol. The minimum Gasteiger partial charge on any atom is -0.461 e. The van der Waals surface area contributed by atoms with Crippen LogP contribution in [0.4, 0.5) is 4.39 Å². The highest BCUT2D eigenvalue weighted by molar-refractivity contribution is 7.99. The maximum atomic E-state index is 13.4. The van der Waals surface area contributed by atoms with E-state index in [1.807, 2.05) is 0 Å². The van der Waals surface area contributed by atoms with Crippen molar-refractivity contribution < 1.29 is 18.3 Å². The lowest BCUT2D eigenvalue weighted by Gasteiger charge is -2.06. The molecular weight excluding hydrogens is 331 g/mol. The summed E-state index contributed by atoms with van der Waals surface area (Å²) in [6, 6.07) is 13.2. The second kappa shape index (κ2) is 7.74. The molecule has 0 radical (unpaired) electrons. The number of halogens is 1. The minimum atomic E-state index is -0.429. The number of hydrogen-bond acceptors (Lipinski definition) is 6. The molecule has 0 bridgehead atoms. The highest BCUT2D eigenvalue weighted by Crippen LogP contribution is 2.21. The fraction of sp³-hybridized carbons (Fsp3) is 0.118. The summed E-state index contributed by atoms with van der Waals surface area (Å²) in [5, 5.41) is 7.39. The van der Waals surface area contributed by atoms with Gasteiger partial charge in [-0.1, -0.05) is 12.1 Å². The van der Waals surface area contributed by atoms with Gasteiger partial charge in [0.25, 0.3) is 0 Å². The van der Waals surface area contributed by atoms with Gasteiger partial charge < -0.3 is 9.15 Å². The van der Waals surface area contributed by atoms with Crippen molar-refractivity contribution in [1.82, 2.24) is 10.2 Å². The van der Waals surface area contributed by atoms with E-state index in [1.165, 1.54) is 24.2 Å². The number of nitrogens with zero attached hydrogens (tertiary/aromatic N) is 2. The molecule has 122 valence electrons. The van der Waals surface area contributed by atoms with Gasteiger partial charge in [0, 0.05) is 16.2 Å². The molecule has 0 spiro atoms. The molecule has 2 aromatic carbocycles. The van der Waals surface area contributed by atoms with E-state index in [-0.39, 0.29) is 12.4 Å². The highest BCUT2D eigenvalue weighted by Gasteiger charge is 2.09. The Morgan fingerprint density at radius 3 is 2.67 bits per heavy atom. The molecule has 24 heavy (non-hydrogen) atoms. The van der Waals surface area contributed by atoms with E-state index in [1.54, 1.807) is 42.5 Å². The Kier molecular flexibility index (Phi) is 5.22. The van der Waals surface area contributed by atoms with E-state index in [9.17, 15) is 9.18 Å². The van der Waals surface area contributed by atoms with Crippen LogP contribution in [0.1, 0.15) is 10.4 Å². The zero-order valence-corrected chi connectivity index (χ0v) is 13.3. The van der Waals surface area contributed by atoms with Crippen molar-refractivity contribution in [3.63, 3.8) is 0 Å². The third-order valence-corrected chi connectivity index (χ3v) is 4.15. The normalized spacial score (nSPS) is 10.5. The summed E-state index contributed by atoms with van der Waals surface area (Å²) in [7, 11) is 0. The van der Waals surface area contributed by atoms with E-state index in [0.717, 1.165) is 5.56 Å². The summed E-state index contributed by atoms with van der Waals surface area (Å²) in [5.41, 5.74) is 1.15. The quantitative estimate of drug-likeness (QED) is 0.385. The topological polar surface area (TPSA) is 65.2 Å². The molecular formula is C17H13FN2O3S. The Hall–Kier alpha value is -2.67. The van der Waals surface area contributed by atoms with Crippen molar-refractivity contribution in [2.75, 3.05) is 12.4 Å². The summed E-state index contributed by atoms with van der Waals surface area (Å²) in [6.45, 7) is 0.198. The molecule has 0 aliphatic carbocycles. The summed E-state index contributed by atoms with van der Waals surface area (Å²) in [4.78, 5) is 12.5. The molecule has 5 nitrogen and oxygen atoms in total. The minimum absolute atomic E-state index is 0.198. The van der Waals surface area contributed by atoms with Gasteiger partial charge in [0.05, 0.1) is 5.56 Å². The van der Waals surface area contributed by atoms with Gasteiger partial charge in [-0.3, -0.25) is 0 Å². The average Bonchev–Trinajstić information content (AvgIpc) is 3.15. The first-order valence-corrected chi connectivity index (χ1v) is 8.13. The van der Waals surface area contributed by atoms with Gasteiger partial charge in [0.1, 0.15) is 12.4 Å². The van der Waals surface area contributed by atoms with Crippen LogP contribution in [0.2, 0.25) is 0 Å². The van der Waals surface area contributed by atoms with Crippen LogP contribution in [-0.2, 0) is 4.74 Å². The van der Waals surface area contributed by atoms with Crippen LogP contribution in [0.5, 0.6) is 0 Å². The Labute approximate surface area is 141 Å². The predicted molar refractivity (Wildman–Crippen MR) is 87.1 cm³/mol. The van der Waals surface area contributed by atoms with E-state index >= 15 is 0 Å². The number of benzene rings is 2. The summed E-state index contributed by atoms with van der Waals surface area (Å²) in [5.74, 6) is 0.162. The van der Waals surface area contributed by atoms with E-state index in [0.29, 0.717) is 22.1 Å². The first kappa shape index (κ1) is 16.2. The number of esters is 1. The van der Waals surface area contributed by atoms with Crippen LogP contribution in [-0.4, -0.2) is 28.5 Å². The zero-order chi connectivity index (χ0) is 16.8. The molecule has 0 aliphatic rings. The molecule has 0 saturated carbocycles. The Morgan fingerprint density at radius 2 is 1.96 bits per heavy atom. The molecule has 0 saturated heterocycles. The third kappa shape index (κ3) is 3.99. The molecule has 3 aromatic rings. The molecule has 0 amide bonds. The number of carbonyl (C=O) groups excluding carboxylic acids is 1. The van der Waals surface area contributed by atoms with Crippen molar-refractivity contribution in [2.45, 2.75) is 4.90 Å². The number of rotatable bonds is 6. The van der Waals surface area contributed by atoms with Crippen molar-refractivity contribution in [3.8, 4) is 11.5 Å². The van der Waals surface area contributed by atoms with Gasteiger partial charge in [-0.05, 0) is 36.4 Å². The van der Waals surface area contributed by atoms with Crippen LogP contribution in [0.15, 0.2) is 64.2 Å². The summed E-state index contributed by atoms with van der Waals surface area (Å²) in [6.07, 6.45) is 1.24. The maximum absolute atomic E-state index is 13.4. The monoisotopic (exact) mass is 344 g/mol. The van der Waals surface area contributed by atoms with Gasteiger partial charge in [0.15, 0.2) is 0 Å². The second-order valence-electron chi connectivity index (χ2n) is 4.74. The van der Waals surface area contributed by atoms with Crippen LogP contribution >= 0.6 is 11.8 Å².